The van der Waals surface area contributed by atoms with E-state index in [4.69, 9.17) is 9.84 Å². The second kappa shape index (κ2) is 8.55. The van der Waals surface area contributed by atoms with E-state index in [9.17, 15) is 19.7 Å². The molecular formula is C14H26N2O6. The van der Waals surface area contributed by atoms with Crippen molar-refractivity contribution in [1.82, 2.24) is 5.32 Å². The van der Waals surface area contributed by atoms with Crippen LogP contribution in [-0.4, -0.2) is 40.3 Å². The number of rotatable bonds is 8. The van der Waals surface area contributed by atoms with E-state index in [1.807, 2.05) is 13.8 Å². The van der Waals surface area contributed by atoms with Crippen molar-refractivity contribution in [2.75, 3.05) is 6.54 Å². The molecule has 0 bridgehead atoms. The molecule has 0 unspecified atom stereocenters. The average Bonchev–Trinajstić information content (AvgIpc) is 2.30. The fourth-order valence-corrected chi connectivity index (χ4v) is 2.14. The summed E-state index contributed by atoms with van der Waals surface area (Å²) in [6.07, 6.45) is -0.434. The normalized spacial score (nSPS) is 15.5. The Hall–Kier alpha value is -1.86. The predicted octanol–water partition coefficient (Wildman–Crippen LogP) is 2.29. The van der Waals surface area contributed by atoms with E-state index in [0.717, 1.165) is 0 Å². The van der Waals surface area contributed by atoms with Gasteiger partial charge < -0.3 is 15.2 Å². The lowest BCUT2D eigenvalue weighted by atomic mass is 9.85. The molecule has 22 heavy (non-hydrogen) atoms. The Morgan fingerprint density at radius 1 is 1.36 bits per heavy atom. The highest BCUT2D eigenvalue weighted by atomic mass is 16.6. The van der Waals surface area contributed by atoms with Crippen molar-refractivity contribution in [3.05, 3.63) is 10.1 Å². The molecule has 0 fully saturated rings. The Morgan fingerprint density at radius 2 is 1.91 bits per heavy atom. The summed E-state index contributed by atoms with van der Waals surface area (Å²) in [5.74, 6) is -2.04. The fourth-order valence-electron chi connectivity index (χ4n) is 2.14. The van der Waals surface area contributed by atoms with Crippen LogP contribution >= 0.6 is 0 Å². The summed E-state index contributed by atoms with van der Waals surface area (Å²) in [6.45, 7) is 8.29. The second-order valence-electron chi connectivity index (χ2n) is 6.43. The number of nitrogens with one attached hydrogen (secondary N) is 1. The van der Waals surface area contributed by atoms with E-state index in [2.05, 4.69) is 5.32 Å². The first-order valence-corrected chi connectivity index (χ1v) is 7.29. The zero-order valence-corrected chi connectivity index (χ0v) is 13.8. The number of nitro groups is 1. The highest BCUT2D eigenvalue weighted by Crippen LogP contribution is 2.21. The highest BCUT2D eigenvalue weighted by Gasteiger charge is 2.34. The molecule has 0 radical (unpaired) electrons. The topological polar surface area (TPSA) is 119 Å². The monoisotopic (exact) mass is 318 g/mol. The van der Waals surface area contributed by atoms with Gasteiger partial charge in [0, 0.05) is 11.0 Å². The van der Waals surface area contributed by atoms with Crippen LogP contribution in [0.5, 0.6) is 0 Å². The summed E-state index contributed by atoms with van der Waals surface area (Å²) in [4.78, 5) is 33.1. The maximum absolute atomic E-state index is 11.9. The van der Waals surface area contributed by atoms with Crippen LogP contribution in [0.15, 0.2) is 0 Å². The molecular weight excluding hydrogens is 292 g/mol. The lowest BCUT2D eigenvalue weighted by Crippen LogP contribution is -2.48. The lowest BCUT2D eigenvalue weighted by Gasteiger charge is -2.30. The summed E-state index contributed by atoms with van der Waals surface area (Å²) < 4.78 is 5.16. The number of nitrogens with zero attached hydrogens (tertiary/aromatic N) is 1. The number of carboxylic acids is 1. The van der Waals surface area contributed by atoms with Crippen molar-refractivity contribution in [3.8, 4) is 0 Å². The minimum absolute atomic E-state index is 0.114. The van der Waals surface area contributed by atoms with Gasteiger partial charge in [0.2, 0.25) is 6.54 Å². The molecule has 0 aliphatic heterocycles. The molecule has 0 saturated heterocycles. The zero-order valence-electron chi connectivity index (χ0n) is 13.8. The number of aliphatic carboxylic acids is 1. The molecule has 3 atom stereocenters. The summed E-state index contributed by atoms with van der Waals surface area (Å²) in [5.41, 5.74) is -0.699. The van der Waals surface area contributed by atoms with E-state index in [1.165, 1.54) is 0 Å². The molecule has 1 amide bonds. The SMILES string of the molecule is CC[C@H](C)[C@H](NC(=O)OC(C)(C)C)[C@H](CC(=O)O)C[N+](=O)[O-]. The minimum atomic E-state index is -1.13. The van der Waals surface area contributed by atoms with E-state index in [-0.39, 0.29) is 12.3 Å². The Bertz CT molecular complexity index is 389. The third-order valence-corrected chi connectivity index (χ3v) is 3.27. The van der Waals surface area contributed by atoms with Gasteiger partial charge >= 0.3 is 12.1 Å². The number of alkyl carbamates (subject to hydrolysis) is 1. The molecule has 0 aromatic carbocycles. The molecule has 0 aromatic rings. The summed E-state index contributed by atoms with van der Waals surface area (Å²) in [5, 5.41) is 22.4. The minimum Gasteiger partial charge on any atom is -0.481 e. The third-order valence-electron chi connectivity index (χ3n) is 3.27. The van der Waals surface area contributed by atoms with Crippen molar-refractivity contribution in [2.45, 2.75) is 59.1 Å². The van der Waals surface area contributed by atoms with Crippen molar-refractivity contribution >= 4 is 12.1 Å². The van der Waals surface area contributed by atoms with E-state index in [0.29, 0.717) is 6.42 Å². The van der Waals surface area contributed by atoms with E-state index in [1.54, 1.807) is 20.8 Å². The molecule has 128 valence electrons. The van der Waals surface area contributed by atoms with Gasteiger partial charge in [-0.2, -0.15) is 0 Å². The van der Waals surface area contributed by atoms with Gasteiger partial charge in [-0.1, -0.05) is 20.3 Å². The van der Waals surface area contributed by atoms with Crippen LogP contribution in [0.4, 0.5) is 4.79 Å². The summed E-state index contributed by atoms with van der Waals surface area (Å²) in [7, 11) is 0. The number of hydrogen-bond acceptors (Lipinski definition) is 5. The van der Waals surface area contributed by atoms with Crippen LogP contribution in [0, 0.1) is 22.0 Å². The maximum atomic E-state index is 11.9. The Labute approximate surface area is 130 Å². The molecule has 0 aliphatic carbocycles. The number of carbonyl (C=O) groups excluding carboxylic acids is 1. The van der Waals surface area contributed by atoms with Crippen LogP contribution in [0.2, 0.25) is 0 Å². The first-order chi connectivity index (χ1) is 9.96. The molecule has 0 saturated carbocycles. The molecule has 0 heterocycles. The third kappa shape index (κ3) is 8.43. The van der Waals surface area contributed by atoms with Gasteiger partial charge in [-0.25, -0.2) is 4.79 Å². The van der Waals surface area contributed by atoms with Crippen LogP contribution in [0.25, 0.3) is 0 Å². The van der Waals surface area contributed by atoms with Gasteiger partial charge in [0.25, 0.3) is 0 Å². The molecule has 0 aliphatic rings. The number of carbonyl (C=O) groups is 2. The molecule has 8 nitrogen and oxygen atoms in total. The van der Waals surface area contributed by atoms with E-state index < -0.39 is 41.1 Å². The van der Waals surface area contributed by atoms with Crippen LogP contribution < -0.4 is 5.32 Å². The van der Waals surface area contributed by atoms with Crippen molar-refractivity contribution in [2.24, 2.45) is 11.8 Å². The highest BCUT2D eigenvalue weighted by molar-refractivity contribution is 5.69. The van der Waals surface area contributed by atoms with E-state index >= 15 is 0 Å². The molecule has 0 rings (SSSR count). The number of ether oxygens (including phenoxy) is 1. The van der Waals surface area contributed by atoms with Crippen LogP contribution in [-0.2, 0) is 9.53 Å². The van der Waals surface area contributed by atoms with Gasteiger partial charge in [-0.15, -0.1) is 0 Å². The van der Waals surface area contributed by atoms with Gasteiger partial charge in [0.1, 0.15) is 5.60 Å². The Balaban J connectivity index is 5.15. The summed E-state index contributed by atoms with van der Waals surface area (Å²) in [6, 6.07) is -0.638. The predicted molar refractivity (Wildman–Crippen MR) is 80.2 cm³/mol. The number of amides is 1. The molecule has 8 heteroatoms. The Morgan fingerprint density at radius 3 is 2.27 bits per heavy atom. The average molecular weight is 318 g/mol. The first-order valence-electron chi connectivity index (χ1n) is 7.29. The van der Waals surface area contributed by atoms with Gasteiger partial charge in [0.15, 0.2) is 0 Å². The lowest BCUT2D eigenvalue weighted by molar-refractivity contribution is -0.489. The quantitative estimate of drug-likeness (QED) is 0.523. The van der Waals surface area contributed by atoms with Crippen LogP contribution in [0.1, 0.15) is 47.5 Å². The van der Waals surface area contributed by atoms with Crippen molar-refractivity contribution in [1.29, 1.82) is 0 Å². The molecule has 0 spiro atoms. The smallest absolute Gasteiger partial charge is 0.407 e. The zero-order chi connectivity index (χ0) is 17.5. The summed E-state index contributed by atoms with van der Waals surface area (Å²) >= 11 is 0. The van der Waals surface area contributed by atoms with Gasteiger partial charge in [-0.3, -0.25) is 14.9 Å². The molecule has 2 N–H and O–H groups in total. The maximum Gasteiger partial charge on any atom is 0.407 e. The van der Waals surface area contributed by atoms with Gasteiger partial charge in [-0.05, 0) is 26.7 Å². The largest absolute Gasteiger partial charge is 0.481 e. The fraction of sp³-hybridized carbons (Fsp3) is 0.857. The van der Waals surface area contributed by atoms with Gasteiger partial charge in [0.05, 0.1) is 12.3 Å². The number of hydrogen-bond donors (Lipinski definition) is 2. The van der Waals surface area contributed by atoms with Crippen LogP contribution in [0.3, 0.4) is 0 Å². The first kappa shape index (κ1) is 20.1. The second-order valence-corrected chi connectivity index (χ2v) is 6.43. The Kier molecular flexibility index (Phi) is 7.83. The van der Waals surface area contributed by atoms with Crippen molar-refractivity contribution < 1.29 is 24.4 Å². The standard InChI is InChI=1S/C14H26N2O6/c1-6-9(2)12(15-13(19)22-14(3,4)5)10(7-11(17)18)8-16(20)21/h9-10,12H,6-8H2,1-5H3,(H,15,19)(H,17,18)/t9-,10+,12-/m0/s1. The number of carboxylic acid groups (broad SMARTS) is 1. The van der Waals surface area contributed by atoms with Crippen molar-refractivity contribution in [3.63, 3.8) is 0 Å². The molecule has 0 aromatic heterocycles.